The summed E-state index contributed by atoms with van der Waals surface area (Å²) in [6.45, 7) is 4.84. The zero-order valence-corrected chi connectivity index (χ0v) is 5.92. The van der Waals surface area contributed by atoms with Gasteiger partial charge in [0.25, 0.3) is 0 Å². The van der Waals surface area contributed by atoms with Crippen LogP contribution >= 0.6 is 0 Å². The van der Waals surface area contributed by atoms with E-state index in [-0.39, 0.29) is 6.61 Å². The summed E-state index contributed by atoms with van der Waals surface area (Å²) >= 11 is 0. The standard InChI is InChI=1S/C6H13NO2/c1-3-9-6(2)7-4-5-8/h8H,3-5H2,1-2H3. The highest BCUT2D eigenvalue weighted by molar-refractivity contribution is 5.72. The van der Waals surface area contributed by atoms with Crippen LogP contribution < -0.4 is 0 Å². The van der Waals surface area contributed by atoms with E-state index >= 15 is 0 Å². The second-order valence-corrected chi connectivity index (χ2v) is 1.56. The second-order valence-electron chi connectivity index (χ2n) is 1.56. The molecular weight excluding hydrogens is 118 g/mol. The van der Waals surface area contributed by atoms with E-state index in [1.54, 1.807) is 6.92 Å². The van der Waals surface area contributed by atoms with E-state index in [4.69, 9.17) is 9.84 Å². The smallest absolute Gasteiger partial charge is 0.180 e. The van der Waals surface area contributed by atoms with Crippen LogP contribution in [0.1, 0.15) is 13.8 Å². The largest absolute Gasteiger partial charge is 0.481 e. The number of rotatable bonds is 3. The summed E-state index contributed by atoms with van der Waals surface area (Å²) in [6.07, 6.45) is 0. The van der Waals surface area contributed by atoms with E-state index in [9.17, 15) is 0 Å². The molecule has 0 aromatic heterocycles. The summed E-state index contributed by atoms with van der Waals surface area (Å²) in [4.78, 5) is 3.88. The molecule has 0 heterocycles. The lowest BCUT2D eigenvalue weighted by atomic mass is 10.7. The number of aliphatic hydroxyl groups excluding tert-OH is 1. The minimum Gasteiger partial charge on any atom is -0.481 e. The number of ether oxygens (including phenoxy) is 1. The molecule has 0 atom stereocenters. The Hall–Kier alpha value is -0.570. The molecular formula is C6H13NO2. The third kappa shape index (κ3) is 5.30. The first-order chi connectivity index (χ1) is 4.31. The molecule has 0 saturated heterocycles. The molecule has 0 unspecified atom stereocenters. The van der Waals surface area contributed by atoms with Gasteiger partial charge in [-0.2, -0.15) is 0 Å². The lowest BCUT2D eigenvalue weighted by Gasteiger charge is -1.98. The molecule has 0 saturated carbocycles. The third-order valence-corrected chi connectivity index (χ3v) is 0.788. The van der Waals surface area contributed by atoms with E-state index in [1.165, 1.54) is 0 Å². The maximum absolute atomic E-state index is 8.32. The predicted octanol–water partition coefficient (Wildman–Crippen LogP) is 0.434. The van der Waals surface area contributed by atoms with Crippen LogP contribution in [0.4, 0.5) is 0 Å². The molecule has 0 rings (SSSR count). The highest BCUT2D eigenvalue weighted by atomic mass is 16.5. The van der Waals surface area contributed by atoms with Gasteiger partial charge < -0.3 is 9.84 Å². The number of aliphatic hydroxyl groups is 1. The van der Waals surface area contributed by atoms with Crippen molar-refractivity contribution in [3.8, 4) is 0 Å². The van der Waals surface area contributed by atoms with Crippen LogP contribution in [0.3, 0.4) is 0 Å². The van der Waals surface area contributed by atoms with Gasteiger partial charge in [0.05, 0.1) is 19.8 Å². The Kier molecular flexibility index (Phi) is 5.21. The van der Waals surface area contributed by atoms with E-state index in [0.717, 1.165) is 0 Å². The minimum absolute atomic E-state index is 0.0877. The zero-order valence-electron chi connectivity index (χ0n) is 5.92. The number of aliphatic imine (C=N–C) groups is 1. The van der Waals surface area contributed by atoms with Crippen molar-refractivity contribution in [1.29, 1.82) is 0 Å². The molecule has 0 aliphatic heterocycles. The summed E-state index contributed by atoms with van der Waals surface area (Å²) in [5, 5.41) is 8.32. The van der Waals surface area contributed by atoms with Gasteiger partial charge in [0.2, 0.25) is 0 Å². The molecule has 0 aromatic rings. The van der Waals surface area contributed by atoms with Gasteiger partial charge >= 0.3 is 0 Å². The van der Waals surface area contributed by atoms with Crippen molar-refractivity contribution >= 4 is 5.90 Å². The Labute approximate surface area is 55.4 Å². The first-order valence-corrected chi connectivity index (χ1v) is 3.06. The molecule has 9 heavy (non-hydrogen) atoms. The average Bonchev–Trinajstić information content (AvgIpc) is 1.85. The lowest BCUT2D eigenvalue weighted by Crippen LogP contribution is -2.01. The molecule has 0 radical (unpaired) electrons. The van der Waals surface area contributed by atoms with Gasteiger partial charge in [0.15, 0.2) is 5.90 Å². The lowest BCUT2D eigenvalue weighted by molar-refractivity contribution is 0.297. The second kappa shape index (κ2) is 5.56. The fourth-order valence-electron chi connectivity index (χ4n) is 0.462. The summed E-state index contributed by atoms with van der Waals surface area (Å²) in [5.74, 6) is 0.645. The molecule has 1 N–H and O–H groups in total. The van der Waals surface area contributed by atoms with E-state index in [0.29, 0.717) is 19.0 Å². The van der Waals surface area contributed by atoms with Crippen LogP contribution in [0.2, 0.25) is 0 Å². The molecule has 0 spiro atoms. The van der Waals surface area contributed by atoms with Crippen LogP contribution in [0.5, 0.6) is 0 Å². The maximum Gasteiger partial charge on any atom is 0.180 e. The highest BCUT2D eigenvalue weighted by Crippen LogP contribution is 1.80. The van der Waals surface area contributed by atoms with Gasteiger partial charge in [0.1, 0.15) is 0 Å². The zero-order chi connectivity index (χ0) is 7.11. The van der Waals surface area contributed by atoms with Crippen LogP contribution in [0, 0.1) is 0 Å². The Bertz CT molecular complexity index is 91.1. The molecule has 3 heteroatoms. The van der Waals surface area contributed by atoms with E-state index < -0.39 is 0 Å². The third-order valence-electron chi connectivity index (χ3n) is 0.788. The van der Waals surface area contributed by atoms with Gasteiger partial charge in [-0.05, 0) is 6.92 Å². The van der Waals surface area contributed by atoms with E-state index in [2.05, 4.69) is 4.99 Å². The minimum atomic E-state index is 0.0877. The molecule has 54 valence electrons. The van der Waals surface area contributed by atoms with Crippen molar-refractivity contribution in [1.82, 2.24) is 0 Å². The van der Waals surface area contributed by atoms with Gasteiger partial charge in [-0.15, -0.1) is 0 Å². The fraction of sp³-hybridized carbons (Fsp3) is 0.833. The normalized spacial score (nSPS) is 11.7. The molecule has 0 amide bonds. The van der Waals surface area contributed by atoms with Crippen molar-refractivity contribution in [2.24, 2.45) is 4.99 Å². The average molecular weight is 131 g/mol. The highest BCUT2D eigenvalue weighted by Gasteiger charge is 1.85. The summed E-state index contributed by atoms with van der Waals surface area (Å²) in [6, 6.07) is 0. The summed E-state index contributed by atoms with van der Waals surface area (Å²) in [7, 11) is 0. The van der Waals surface area contributed by atoms with Crippen molar-refractivity contribution in [3.63, 3.8) is 0 Å². The number of hydrogen-bond acceptors (Lipinski definition) is 3. The fourth-order valence-corrected chi connectivity index (χ4v) is 0.462. The van der Waals surface area contributed by atoms with Crippen molar-refractivity contribution in [2.45, 2.75) is 13.8 Å². The van der Waals surface area contributed by atoms with Crippen molar-refractivity contribution in [3.05, 3.63) is 0 Å². The first kappa shape index (κ1) is 8.43. The molecule has 0 aromatic carbocycles. The quantitative estimate of drug-likeness (QED) is 0.446. The van der Waals surface area contributed by atoms with Crippen LogP contribution in [0.25, 0.3) is 0 Å². The number of nitrogens with zero attached hydrogens (tertiary/aromatic N) is 1. The molecule has 0 bridgehead atoms. The molecule has 0 aliphatic carbocycles. The summed E-state index contributed by atoms with van der Waals surface area (Å²) in [5.41, 5.74) is 0. The molecule has 3 nitrogen and oxygen atoms in total. The number of hydrogen-bond donors (Lipinski definition) is 1. The Balaban J connectivity index is 3.30. The Morgan fingerprint density at radius 1 is 1.67 bits per heavy atom. The predicted molar refractivity (Wildman–Crippen MR) is 36.7 cm³/mol. The molecule has 0 fully saturated rings. The van der Waals surface area contributed by atoms with Crippen LogP contribution in [0.15, 0.2) is 4.99 Å². The van der Waals surface area contributed by atoms with Gasteiger partial charge in [-0.25, -0.2) is 0 Å². The maximum atomic E-state index is 8.32. The van der Waals surface area contributed by atoms with Crippen LogP contribution in [-0.2, 0) is 4.74 Å². The van der Waals surface area contributed by atoms with Gasteiger partial charge in [-0.3, -0.25) is 4.99 Å². The van der Waals surface area contributed by atoms with Crippen molar-refractivity contribution in [2.75, 3.05) is 19.8 Å². The Morgan fingerprint density at radius 2 is 2.33 bits per heavy atom. The first-order valence-electron chi connectivity index (χ1n) is 3.06. The van der Waals surface area contributed by atoms with Gasteiger partial charge in [0, 0.05) is 6.92 Å². The van der Waals surface area contributed by atoms with Gasteiger partial charge in [-0.1, -0.05) is 0 Å². The monoisotopic (exact) mass is 131 g/mol. The Morgan fingerprint density at radius 3 is 2.78 bits per heavy atom. The summed E-state index contributed by atoms with van der Waals surface area (Å²) < 4.78 is 4.98. The SMILES string of the molecule is CCOC(C)=NCCO. The van der Waals surface area contributed by atoms with Crippen molar-refractivity contribution < 1.29 is 9.84 Å². The topological polar surface area (TPSA) is 41.8 Å². The van der Waals surface area contributed by atoms with Crippen LogP contribution in [-0.4, -0.2) is 30.8 Å². The molecule has 0 aliphatic rings. The van der Waals surface area contributed by atoms with E-state index in [1.807, 2.05) is 6.92 Å².